The number of rotatable bonds is 10. The van der Waals surface area contributed by atoms with Crippen LogP contribution in [0.15, 0.2) is 45.7 Å². The van der Waals surface area contributed by atoms with Gasteiger partial charge in [-0.15, -0.1) is 4.40 Å². The molecule has 10 heteroatoms. The Balaban J connectivity index is 2.94. The quantitative estimate of drug-likeness (QED) is 0.105. The number of ether oxygens (including phenoxy) is 1. The molecule has 180 valence electrons. The lowest BCUT2D eigenvalue weighted by Crippen LogP contribution is -2.40. The molecule has 0 aromatic heterocycles. The first kappa shape index (κ1) is 28.0. The Labute approximate surface area is 193 Å². The second-order valence-corrected chi connectivity index (χ2v) is 15.9. The highest BCUT2D eigenvalue weighted by molar-refractivity contribution is 7.90. The molecule has 0 aliphatic heterocycles. The number of sulfonamides is 1. The lowest BCUT2D eigenvalue weighted by molar-refractivity contribution is -0.384. The van der Waals surface area contributed by atoms with E-state index in [1.165, 1.54) is 12.1 Å². The zero-order valence-corrected chi connectivity index (χ0v) is 22.1. The molecule has 0 radical (unpaired) electrons. The number of allylic oxidation sites excluding steroid dienone is 1. The van der Waals surface area contributed by atoms with E-state index in [-0.39, 0.29) is 33.5 Å². The van der Waals surface area contributed by atoms with Crippen molar-refractivity contribution in [1.29, 1.82) is 0 Å². The monoisotopic (exact) mass is 484 g/mol. The van der Waals surface area contributed by atoms with Crippen LogP contribution in [0.25, 0.3) is 0 Å². The Bertz CT molecular complexity index is 932. The number of hydrogen-bond donors (Lipinski definition) is 0. The van der Waals surface area contributed by atoms with Crippen molar-refractivity contribution in [3.8, 4) is 0 Å². The van der Waals surface area contributed by atoms with Crippen LogP contribution in [0.3, 0.4) is 0 Å². The zero-order valence-electron chi connectivity index (χ0n) is 20.3. The molecule has 0 aliphatic rings. The Morgan fingerprint density at radius 1 is 1.16 bits per heavy atom. The summed E-state index contributed by atoms with van der Waals surface area (Å²) in [7, 11) is -5.89. The summed E-state index contributed by atoms with van der Waals surface area (Å²) in [6, 6.07) is 4.62. The van der Waals surface area contributed by atoms with E-state index in [1.807, 2.05) is 19.1 Å². The summed E-state index contributed by atoms with van der Waals surface area (Å²) in [5, 5.41) is 10.9. The summed E-state index contributed by atoms with van der Waals surface area (Å²) >= 11 is 0. The van der Waals surface area contributed by atoms with Crippen LogP contribution >= 0.6 is 0 Å². The number of non-ortho nitro benzene ring substituents is 1. The molecule has 0 saturated heterocycles. The average molecular weight is 485 g/mol. The van der Waals surface area contributed by atoms with E-state index in [9.17, 15) is 18.5 Å². The highest BCUT2D eigenvalue weighted by Gasteiger charge is 2.36. The van der Waals surface area contributed by atoms with Crippen LogP contribution in [0.1, 0.15) is 48.0 Å². The Hall–Kier alpha value is -2.04. The number of nitrogens with zero attached hydrogens (tertiary/aromatic N) is 2. The largest absolute Gasteiger partial charge is 0.477 e. The van der Waals surface area contributed by atoms with Crippen molar-refractivity contribution in [1.82, 2.24) is 0 Å². The van der Waals surface area contributed by atoms with Crippen LogP contribution in [0, 0.1) is 16.0 Å². The third-order valence-corrected chi connectivity index (χ3v) is 11.1. The summed E-state index contributed by atoms with van der Waals surface area (Å²) in [6.45, 7) is 16.9. The molecule has 1 atom stereocenters. The molecule has 32 heavy (non-hydrogen) atoms. The van der Waals surface area contributed by atoms with Crippen molar-refractivity contribution in [2.75, 3.05) is 6.61 Å². The number of benzene rings is 1. The van der Waals surface area contributed by atoms with E-state index < -0.39 is 23.3 Å². The molecule has 1 aromatic rings. The van der Waals surface area contributed by atoms with Gasteiger partial charge >= 0.3 is 0 Å². The summed E-state index contributed by atoms with van der Waals surface area (Å²) in [6.07, 6.45) is 4.15. The molecule has 0 fully saturated rings. The van der Waals surface area contributed by atoms with E-state index in [4.69, 9.17) is 9.16 Å². The molecule has 0 amide bonds. The van der Waals surface area contributed by atoms with E-state index in [2.05, 4.69) is 38.3 Å². The first-order valence-corrected chi connectivity index (χ1v) is 15.0. The maximum atomic E-state index is 12.7. The molecule has 1 aromatic carbocycles. The second-order valence-electron chi connectivity index (χ2n) is 9.50. The van der Waals surface area contributed by atoms with Crippen LogP contribution in [0.4, 0.5) is 5.69 Å². The maximum Gasteiger partial charge on any atom is 0.285 e. The van der Waals surface area contributed by atoms with Crippen molar-refractivity contribution < 1.29 is 22.5 Å². The normalized spacial score (nSPS) is 14.7. The van der Waals surface area contributed by atoms with Crippen molar-refractivity contribution in [2.24, 2.45) is 10.3 Å². The zero-order chi connectivity index (χ0) is 24.7. The van der Waals surface area contributed by atoms with E-state index in [1.54, 1.807) is 13.8 Å². The number of nitro groups is 1. The number of nitro benzene ring substituents is 1. The lowest BCUT2D eigenvalue weighted by Gasteiger charge is -2.35. The molecule has 8 nitrogen and oxygen atoms in total. The molecular weight excluding hydrogens is 448 g/mol. The Morgan fingerprint density at radius 3 is 2.19 bits per heavy atom. The summed E-state index contributed by atoms with van der Waals surface area (Å²) in [5.74, 6) is -0.178. The van der Waals surface area contributed by atoms with Gasteiger partial charge in [-0.2, -0.15) is 8.42 Å². The van der Waals surface area contributed by atoms with Crippen molar-refractivity contribution >= 4 is 29.9 Å². The van der Waals surface area contributed by atoms with Gasteiger partial charge in [0.05, 0.1) is 22.5 Å². The van der Waals surface area contributed by atoms with Gasteiger partial charge in [-0.25, -0.2) is 0 Å². The van der Waals surface area contributed by atoms with Crippen LogP contribution < -0.4 is 0 Å². The van der Waals surface area contributed by atoms with E-state index in [0.717, 1.165) is 12.1 Å². The molecule has 0 saturated carbocycles. The highest BCUT2D eigenvalue weighted by atomic mass is 32.2. The van der Waals surface area contributed by atoms with Crippen LogP contribution in [-0.2, 0) is 19.2 Å². The lowest BCUT2D eigenvalue weighted by atomic mass is 10.1. The minimum atomic E-state index is -4.07. The third kappa shape index (κ3) is 8.48. The smallest absolute Gasteiger partial charge is 0.285 e. The summed E-state index contributed by atoms with van der Waals surface area (Å²) in [4.78, 5) is 10.1. The predicted octanol–water partition coefficient (Wildman–Crippen LogP) is 5.71. The standard InChI is InChI=1S/C22H36N2O6SSi/c1-17(2)30-21(18(3)11-9-10-16-29-32(7,8)22(4,5)6)23-31(27,28)20-14-12-19(13-15-20)24(25)26/h9-10,12-15,17-18H,11,16H2,1-8H3/b10-9+,23-21-. The average Bonchev–Trinajstić information content (AvgIpc) is 2.65. The minimum absolute atomic E-state index is 0.105. The molecular formula is C22H36N2O6SSi. The van der Waals surface area contributed by atoms with Crippen LogP contribution in [-0.4, -0.2) is 40.3 Å². The van der Waals surface area contributed by atoms with E-state index in [0.29, 0.717) is 13.0 Å². The van der Waals surface area contributed by atoms with Gasteiger partial charge in [-0.05, 0) is 50.5 Å². The van der Waals surface area contributed by atoms with Gasteiger partial charge in [-0.3, -0.25) is 10.1 Å². The topological polar surface area (TPSA) is 108 Å². The predicted molar refractivity (Wildman–Crippen MR) is 130 cm³/mol. The van der Waals surface area contributed by atoms with Crippen molar-refractivity contribution in [3.05, 3.63) is 46.5 Å². The second kappa shape index (κ2) is 11.2. The van der Waals surface area contributed by atoms with Crippen molar-refractivity contribution in [3.63, 3.8) is 0 Å². The van der Waals surface area contributed by atoms with Gasteiger partial charge in [-0.1, -0.05) is 39.8 Å². The Kier molecular flexibility index (Phi) is 9.79. The fourth-order valence-electron chi connectivity index (χ4n) is 2.32. The number of hydrogen-bond acceptors (Lipinski definition) is 6. The van der Waals surface area contributed by atoms with E-state index >= 15 is 0 Å². The third-order valence-electron chi connectivity index (χ3n) is 5.34. The van der Waals surface area contributed by atoms with Gasteiger partial charge in [0, 0.05) is 18.1 Å². The molecule has 0 N–H and O–H groups in total. The van der Waals surface area contributed by atoms with Gasteiger partial charge in [0.1, 0.15) is 0 Å². The SMILES string of the molecule is CC(C)O/C(=N\S(=O)(=O)c1ccc([N+](=O)[O-])cc1)C(C)C/C=C/CO[Si](C)(C)C(C)(C)C. The first-order valence-electron chi connectivity index (χ1n) is 10.6. The molecule has 1 unspecified atom stereocenters. The minimum Gasteiger partial charge on any atom is -0.477 e. The van der Waals surface area contributed by atoms with Gasteiger partial charge in [0.15, 0.2) is 8.32 Å². The molecule has 0 spiro atoms. The molecule has 0 aliphatic carbocycles. The molecule has 0 bridgehead atoms. The first-order chi connectivity index (χ1) is 14.6. The van der Waals surface area contributed by atoms with Gasteiger partial charge in [0.25, 0.3) is 15.7 Å². The summed E-state index contributed by atoms with van der Waals surface area (Å²) in [5.41, 5.74) is -0.190. The van der Waals surface area contributed by atoms with Gasteiger partial charge < -0.3 is 9.16 Å². The maximum absolute atomic E-state index is 12.7. The Morgan fingerprint density at radius 2 is 1.72 bits per heavy atom. The highest BCUT2D eigenvalue weighted by Crippen LogP contribution is 2.36. The van der Waals surface area contributed by atoms with Crippen molar-refractivity contribution in [2.45, 2.75) is 77.1 Å². The molecule has 1 rings (SSSR count). The fourth-order valence-corrected chi connectivity index (χ4v) is 4.31. The summed E-state index contributed by atoms with van der Waals surface area (Å²) < 4.78 is 41.1. The molecule has 0 heterocycles. The fraction of sp³-hybridized carbons (Fsp3) is 0.591. The van der Waals surface area contributed by atoms with Crippen LogP contribution in [0.2, 0.25) is 18.1 Å². The van der Waals surface area contributed by atoms with Crippen LogP contribution in [0.5, 0.6) is 0 Å². The van der Waals surface area contributed by atoms with Gasteiger partial charge in [0.2, 0.25) is 5.90 Å².